The van der Waals surface area contributed by atoms with E-state index in [4.69, 9.17) is 4.74 Å². The molecule has 1 atom stereocenters. The van der Waals surface area contributed by atoms with E-state index in [0.717, 1.165) is 4.90 Å². The second kappa shape index (κ2) is 6.58. The number of carboxylic acid groups (broad SMARTS) is 1. The molecule has 1 aromatic rings. The highest BCUT2D eigenvalue weighted by atomic mass is 32.2. The quantitative estimate of drug-likeness (QED) is 0.776. The van der Waals surface area contributed by atoms with Gasteiger partial charge in [-0.05, 0) is 25.3 Å². The van der Waals surface area contributed by atoms with E-state index in [-0.39, 0.29) is 6.61 Å². The Morgan fingerprint density at radius 3 is 2.58 bits per heavy atom. The summed E-state index contributed by atoms with van der Waals surface area (Å²) in [5.74, 6) is -1.56. The number of thioether (sulfide) groups is 1. The van der Waals surface area contributed by atoms with Crippen molar-refractivity contribution in [2.45, 2.75) is 17.4 Å². The lowest BCUT2D eigenvalue weighted by Gasteiger charge is -2.25. The number of aliphatic carboxylic acids is 1. The number of methoxy groups -OCH3 is 1. The molecule has 5 nitrogen and oxygen atoms in total. The number of carbonyl (C=O) groups excluding carboxylic acids is 1. The molecule has 0 saturated carbocycles. The fraction of sp³-hybridized carbons (Fsp3) is 0.385. The maximum Gasteiger partial charge on any atom is 0.331 e. The molecule has 0 radical (unpaired) electrons. The highest BCUT2D eigenvalue weighted by Crippen LogP contribution is 2.20. The summed E-state index contributed by atoms with van der Waals surface area (Å²) in [6.45, 7) is 1.31. The maximum atomic E-state index is 12.2. The molecule has 1 rings (SSSR count). The second-order valence-electron chi connectivity index (χ2n) is 4.22. The predicted octanol–water partition coefficient (Wildman–Crippen LogP) is 1.63. The second-order valence-corrected chi connectivity index (χ2v) is 5.07. The summed E-state index contributed by atoms with van der Waals surface area (Å²) in [5, 5.41) is 11.7. The van der Waals surface area contributed by atoms with Crippen molar-refractivity contribution >= 4 is 23.6 Å². The number of amides is 1. The summed E-state index contributed by atoms with van der Waals surface area (Å²) >= 11 is 1.43. The van der Waals surface area contributed by atoms with E-state index < -0.39 is 17.4 Å². The number of hydrogen-bond donors (Lipinski definition) is 2. The van der Waals surface area contributed by atoms with Gasteiger partial charge in [0.15, 0.2) is 5.54 Å². The highest BCUT2D eigenvalue weighted by molar-refractivity contribution is 7.98. The van der Waals surface area contributed by atoms with Gasteiger partial charge in [-0.25, -0.2) is 4.79 Å². The van der Waals surface area contributed by atoms with Crippen LogP contribution in [0.1, 0.15) is 17.3 Å². The average molecular weight is 283 g/mol. The Hall–Kier alpha value is -1.53. The molecule has 1 amide bonds. The number of carboxylic acids is 1. The molecule has 1 unspecified atom stereocenters. The fourth-order valence-corrected chi connectivity index (χ4v) is 2.19. The van der Waals surface area contributed by atoms with Crippen molar-refractivity contribution in [1.82, 2.24) is 5.32 Å². The minimum Gasteiger partial charge on any atom is -0.479 e. The zero-order chi connectivity index (χ0) is 14.5. The van der Waals surface area contributed by atoms with Gasteiger partial charge in [0.25, 0.3) is 5.91 Å². The van der Waals surface area contributed by atoms with E-state index in [0.29, 0.717) is 5.56 Å². The lowest BCUT2D eigenvalue weighted by atomic mass is 10.0. The number of rotatable bonds is 6. The standard InChI is InChI=1S/C13H17NO4S/c1-13(8-18-2,12(16)17)14-11(15)9-6-4-5-7-10(9)19-3/h4-7H,8H2,1-3H3,(H,14,15)(H,16,17). The SMILES string of the molecule is COCC(C)(NC(=O)c1ccccc1SC)C(=O)O. The number of nitrogens with one attached hydrogen (secondary N) is 1. The Bertz CT molecular complexity index is 477. The van der Waals surface area contributed by atoms with Crippen LogP contribution >= 0.6 is 11.8 Å². The van der Waals surface area contributed by atoms with Gasteiger partial charge < -0.3 is 15.2 Å². The third kappa shape index (κ3) is 3.71. The number of carbonyl (C=O) groups is 2. The first kappa shape index (κ1) is 15.5. The van der Waals surface area contributed by atoms with Crippen LogP contribution in [0.4, 0.5) is 0 Å². The molecule has 0 aliphatic carbocycles. The smallest absolute Gasteiger partial charge is 0.331 e. The highest BCUT2D eigenvalue weighted by Gasteiger charge is 2.35. The van der Waals surface area contributed by atoms with Gasteiger partial charge in [0.05, 0.1) is 12.2 Å². The van der Waals surface area contributed by atoms with E-state index in [1.165, 1.54) is 25.8 Å². The molecule has 1 aromatic carbocycles. The van der Waals surface area contributed by atoms with Crippen LogP contribution in [-0.2, 0) is 9.53 Å². The van der Waals surface area contributed by atoms with Gasteiger partial charge >= 0.3 is 5.97 Å². The van der Waals surface area contributed by atoms with Gasteiger partial charge in [-0.15, -0.1) is 11.8 Å². The summed E-state index contributed by atoms with van der Waals surface area (Å²) in [6.07, 6.45) is 1.86. The maximum absolute atomic E-state index is 12.2. The molecule has 19 heavy (non-hydrogen) atoms. The first-order chi connectivity index (χ1) is 8.94. The van der Waals surface area contributed by atoms with Crippen LogP contribution in [0, 0.1) is 0 Å². The number of ether oxygens (including phenoxy) is 1. The Morgan fingerprint density at radius 1 is 1.42 bits per heavy atom. The Kier molecular flexibility index (Phi) is 5.38. The van der Waals surface area contributed by atoms with Crippen molar-refractivity contribution in [3.8, 4) is 0 Å². The molecule has 0 spiro atoms. The van der Waals surface area contributed by atoms with E-state index in [1.807, 2.05) is 18.4 Å². The lowest BCUT2D eigenvalue weighted by molar-refractivity contribution is -0.145. The largest absolute Gasteiger partial charge is 0.479 e. The third-order valence-corrected chi connectivity index (χ3v) is 3.44. The molecule has 0 heterocycles. The monoisotopic (exact) mass is 283 g/mol. The van der Waals surface area contributed by atoms with Gasteiger partial charge in [-0.3, -0.25) is 4.79 Å². The summed E-state index contributed by atoms with van der Waals surface area (Å²) < 4.78 is 4.86. The van der Waals surface area contributed by atoms with Gasteiger partial charge in [0.1, 0.15) is 0 Å². The van der Waals surface area contributed by atoms with Crippen LogP contribution in [0.3, 0.4) is 0 Å². The molecule has 6 heteroatoms. The summed E-state index contributed by atoms with van der Waals surface area (Å²) in [6, 6.07) is 7.04. The normalized spacial score (nSPS) is 13.6. The van der Waals surface area contributed by atoms with Crippen LogP contribution in [0.5, 0.6) is 0 Å². The van der Waals surface area contributed by atoms with Crippen molar-refractivity contribution in [2.75, 3.05) is 20.0 Å². The van der Waals surface area contributed by atoms with Gasteiger partial charge in [-0.1, -0.05) is 12.1 Å². The topological polar surface area (TPSA) is 75.6 Å². The minimum absolute atomic E-state index is 0.102. The Balaban J connectivity index is 2.97. The zero-order valence-electron chi connectivity index (χ0n) is 11.1. The first-order valence-corrected chi connectivity index (χ1v) is 6.85. The summed E-state index contributed by atoms with van der Waals surface area (Å²) in [4.78, 5) is 24.2. The average Bonchev–Trinajstić information content (AvgIpc) is 2.38. The molecule has 2 N–H and O–H groups in total. The first-order valence-electron chi connectivity index (χ1n) is 5.62. The van der Waals surface area contributed by atoms with Crippen LogP contribution in [-0.4, -0.2) is 42.5 Å². The Labute approximate surface area is 116 Å². The van der Waals surface area contributed by atoms with E-state index in [9.17, 15) is 14.7 Å². The molecule has 0 saturated heterocycles. The van der Waals surface area contributed by atoms with Gasteiger partial charge in [0.2, 0.25) is 0 Å². The van der Waals surface area contributed by atoms with Crippen LogP contribution in [0.2, 0.25) is 0 Å². The molecular weight excluding hydrogens is 266 g/mol. The third-order valence-electron chi connectivity index (χ3n) is 2.65. The van der Waals surface area contributed by atoms with Crippen molar-refractivity contribution in [3.63, 3.8) is 0 Å². The number of benzene rings is 1. The molecule has 104 valence electrons. The van der Waals surface area contributed by atoms with Gasteiger partial charge in [-0.2, -0.15) is 0 Å². The minimum atomic E-state index is -1.45. The molecule has 0 aliphatic rings. The van der Waals surface area contributed by atoms with Crippen molar-refractivity contribution in [2.24, 2.45) is 0 Å². The summed E-state index contributed by atoms with van der Waals surface area (Å²) in [7, 11) is 1.39. The van der Waals surface area contributed by atoms with Crippen LogP contribution < -0.4 is 5.32 Å². The van der Waals surface area contributed by atoms with Crippen molar-refractivity contribution in [3.05, 3.63) is 29.8 Å². The van der Waals surface area contributed by atoms with Crippen LogP contribution in [0.25, 0.3) is 0 Å². The molecule has 0 aromatic heterocycles. The van der Waals surface area contributed by atoms with E-state index in [1.54, 1.807) is 12.1 Å². The van der Waals surface area contributed by atoms with E-state index >= 15 is 0 Å². The fourth-order valence-electron chi connectivity index (χ4n) is 1.59. The molecule has 0 bridgehead atoms. The zero-order valence-corrected chi connectivity index (χ0v) is 11.9. The Morgan fingerprint density at radius 2 is 2.05 bits per heavy atom. The summed E-state index contributed by atoms with van der Waals surface area (Å²) in [5.41, 5.74) is -0.990. The molecule has 0 aliphatic heterocycles. The van der Waals surface area contributed by atoms with Gasteiger partial charge in [0, 0.05) is 12.0 Å². The molecular formula is C13H17NO4S. The molecule has 0 fully saturated rings. The van der Waals surface area contributed by atoms with Crippen LogP contribution in [0.15, 0.2) is 29.2 Å². The van der Waals surface area contributed by atoms with Crippen molar-refractivity contribution in [1.29, 1.82) is 0 Å². The predicted molar refractivity (Wildman–Crippen MR) is 73.6 cm³/mol. The number of hydrogen-bond acceptors (Lipinski definition) is 4. The van der Waals surface area contributed by atoms with E-state index in [2.05, 4.69) is 5.32 Å². The lowest BCUT2D eigenvalue weighted by Crippen LogP contribution is -2.55. The van der Waals surface area contributed by atoms with Crippen molar-refractivity contribution < 1.29 is 19.4 Å².